The van der Waals surface area contributed by atoms with E-state index in [0.29, 0.717) is 6.54 Å². The molecule has 17 heavy (non-hydrogen) atoms. The lowest BCUT2D eigenvalue weighted by Gasteiger charge is -2.21. The number of carbonyl (C=O) groups is 1. The minimum Gasteiger partial charge on any atom is -0.338 e. The van der Waals surface area contributed by atoms with Gasteiger partial charge in [-0.1, -0.05) is 6.07 Å². The van der Waals surface area contributed by atoms with Crippen molar-refractivity contribution in [3.8, 4) is 0 Å². The van der Waals surface area contributed by atoms with Gasteiger partial charge >= 0.3 is 0 Å². The smallest absolute Gasteiger partial charge is 0.224 e. The molecule has 0 aliphatic heterocycles. The molecule has 0 atom stereocenters. The van der Waals surface area contributed by atoms with Gasteiger partial charge in [0.05, 0.1) is 6.54 Å². The molecule has 0 aromatic heterocycles. The maximum Gasteiger partial charge on any atom is 0.224 e. The fourth-order valence-electron chi connectivity index (χ4n) is 1.53. The molecule has 0 aliphatic rings. The summed E-state index contributed by atoms with van der Waals surface area (Å²) in [5.41, 5.74) is 5.20. The first kappa shape index (κ1) is 13.6. The number of halogens is 2. The Hall–Kier alpha value is -1.49. The Labute approximate surface area is 99.2 Å². The molecule has 0 aliphatic carbocycles. The Kier molecular flexibility index (Phi) is 5.03. The van der Waals surface area contributed by atoms with E-state index in [1.807, 2.05) is 0 Å². The molecule has 0 heterocycles. The van der Waals surface area contributed by atoms with Gasteiger partial charge in [-0.25, -0.2) is 8.78 Å². The molecule has 0 radical (unpaired) electrons. The molecule has 0 saturated heterocycles. The third-order valence-corrected chi connectivity index (χ3v) is 2.50. The molecule has 0 spiro atoms. The van der Waals surface area contributed by atoms with Crippen LogP contribution in [0.15, 0.2) is 18.2 Å². The van der Waals surface area contributed by atoms with Crippen molar-refractivity contribution in [3.05, 3.63) is 35.4 Å². The van der Waals surface area contributed by atoms with Crippen molar-refractivity contribution in [2.24, 2.45) is 5.73 Å². The van der Waals surface area contributed by atoms with E-state index in [1.54, 1.807) is 6.92 Å². The Morgan fingerprint density at radius 3 is 2.41 bits per heavy atom. The minimum absolute atomic E-state index is 0.0617. The van der Waals surface area contributed by atoms with Gasteiger partial charge in [0.25, 0.3) is 0 Å². The topological polar surface area (TPSA) is 46.3 Å². The van der Waals surface area contributed by atoms with Crippen LogP contribution in [0.25, 0.3) is 0 Å². The van der Waals surface area contributed by atoms with E-state index in [2.05, 4.69) is 0 Å². The van der Waals surface area contributed by atoms with Gasteiger partial charge in [-0.15, -0.1) is 0 Å². The second-order valence-corrected chi connectivity index (χ2v) is 3.65. The molecular weight excluding hydrogens is 226 g/mol. The van der Waals surface area contributed by atoms with Crippen LogP contribution in [0.2, 0.25) is 0 Å². The average molecular weight is 242 g/mol. The van der Waals surface area contributed by atoms with Crippen molar-refractivity contribution in [3.63, 3.8) is 0 Å². The maximum atomic E-state index is 13.4. The largest absolute Gasteiger partial charge is 0.338 e. The summed E-state index contributed by atoms with van der Waals surface area (Å²) in [5.74, 6) is -1.47. The molecule has 2 N–H and O–H groups in total. The fourth-order valence-corrected chi connectivity index (χ4v) is 1.53. The Balaban J connectivity index is 2.84. The fraction of sp³-hybridized carbons (Fsp3) is 0.417. The van der Waals surface area contributed by atoms with Crippen molar-refractivity contribution in [1.82, 2.24) is 4.90 Å². The van der Waals surface area contributed by atoms with E-state index in [9.17, 15) is 13.6 Å². The maximum absolute atomic E-state index is 13.4. The van der Waals surface area contributed by atoms with Gasteiger partial charge in [-0.2, -0.15) is 0 Å². The molecule has 94 valence electrons. The standard InChI is InChI=1S/C12H16F2N2O/c1-2-16(12(17)6-7-15)8-9-10(13)4-3-5-11(9)14/h3-5H,2,6-8,15H2,1H3. The quantitative estimate of drug-likeness (QED) is 0.853. The first-order chi connectivity index (χ1) is 8.10. The lowest BCUT2D eigenvalue weighted by Crippen LogP contribution is -2.32. The van der Waals surface area contributed by atoms with Crippen molar-refractivity contribution < 1.29 is 13.6 Å². The van der Waals surface area contributed by atoms with Crippen LogP contribution < -0.4 is 5.73 Å². The van der Waals surface area contributed by atoms with Crippen LogP contribution in [0.3, 0.4) is 0 Å². The summed E-state index contributed by atoms with van der Waals surface area (Å²) in [6.07, 6.45) is 0.184. The highest BCUT2D eigenvalue weighted by Gasteiger charge is 2.16. The van der Waals surface area contributed by atoms with E-state index < -0.39 is 11.6 Å². The van der Waals surface area contributed by atoms with Gasteiger partial charge in [0.2, 0.25) is 5.91 Å². The molecule has 1 amide bonds. The Bertz CT molecular complexity index is 376. The monoisotopic (exact) mass is 242 g/mol. The zero-order chi connectivity index (χ0) is 12.8. The van der Waals surface area contributed by atoms with Crippen molar-refractivity contribution in [1.29, 1.82) is 0 Å². The normalized spacial score (nSPS) is 10.4. The van der Waals surface area contributed by atoms with Gasteiger partial charge in [-0.3, -0.25) is 4.79 Å². The molecule has 0 fully saturated rings. The van der Waals surface area contributed by atoms with Gasteiger partial charge in [0.1, 0.15) is 11.6 Å². The van der Waals surface area contributed by atoms with Crippen LogP contribution in [-0.4, -0.2) is 23.9 Å². The van der Waals surface area contributed by atoms with E-state index in [1.165, 1.54) is 23.1 Å². The number of hydrogen-bond acceptors (Lipinski definition) is 2. The average Bonchev–Trinajstić information content (AvgIpc) is 2.29. The van der Waals surface area contributed by atoms with Crippen LogP contribution in [0, 0.1) is 11.6 Å². The van der Waals surface area contributed by atoms with Crippen LogP contribution in [0.4, 0.5) is 8.78 Å². The zero-order valence-electron chi connectivity index (χ0n) is 9.75. The summed E-state index contributed by atoms with van der Waals surface area (Å²) in [5, 5.41) is 0. The summed E-state index contributed by atoms with van der Waals surface area (Å²) in [6.45, 7) is 2.32. The van der Waals surface area contributed by atoms with Crippen molar-refractivity contribution in [2.75, 3.05) is 13.1 Å². The lowest BCUT2D eigenvalue weighted by molar-refractivity contribution is -0.131. The number of hydrogen-bond donors (Lipinski definition) is 1. The highest BCUT2D eigenvalue weighted by Crippen LogP contribution is 2.15. The van der Waals surface area contributed by atoms with Crippen LogP contribution >= 0.6 is 0 Å². The van der Waals surface area contributed by atoms with E-state index in [0.717, 1.165) is 0 Å². The first-order valence-electron chi connectivity index (χ1n) is 5.50. The van der Waals surface area contributed by atoms with Gasteiger partial charge in [0, 0.05) is 25.1 Å². The van der Waals surface area contributed by atoms with E-state index in [-0.39, 0.29) is 31.0 Å². The third-order valence-electron chi connectivity index (χ3n) is 2.50. The number of nitrogens with two attached hydrogens (primary N) is 1. The first-order valence-corrected chi connectivity index (χ1v) is 5.50. The highest BCUT2D eigenvalue weighted by atomic mass is 19.1. The zero-order valence-corrected chi connectivity index (χ0v) is 9.75. The summed E-state index contributed by atoms with van der Waals surface area (Å²) < 4.78 is 26.8. The minimum atomic E-state index is -0.635. The molecule has 1 rings (SSSR count). The van der Waals surface area contributed by atoms with Crippen molar-refractivity contribution >= 4 is 5.91 Å². The SMILES string of the molecule is CCN(Cc1c(F)cccc1F)C(=O)CCN. The summed E-state index contributed by atoms with van der Waals surface area (Å²) >= 11 is 0. The summed E-state index contributed by atoms with van der Waals surface area (Å²) in [6, 6.07) is 3.66. The molecule has 0 unspecified atom stereocenters. The highest BCUT2D eigenvalue weighted by molar-refractivity contribution is 5.76. The summed E-state index contributed by atoms with van der Waals surface area (Å²) in [4.78, 5) is 13.0. The van der Waals surface area contributed by atoms with Crippen LogP contribution in [0.5, 0.6) is 0 Å². The van der Waals surface area contributed by atoms with E-state index in [4.69, 9.17) is 5.73 Å². The van der Waals surface area contributed by atoms with Gasteiger partial charge in [0.15, 0.2) is 0 Å². The number of benzene rings is 1. The molecule has 1 aromatic carbocycles. The molecular formula is C12H16F2N2O. The van der Waals surface area contributed by atoms with Gasteiger partial charge in [-0.05, 0) is 19.1 Å². The number of rotatable bonds is 5. The molecule has 3 nitrogen and oxygen atoms in total. The number of carbonyl (C=O) groups excluding carboxylic acids is 1. The Morgan fingerprint density at radius 1 is 1.35 bits per heavy atom. The summed E-state index contributed by atoms with van der Waals surface area (Å²) in [7, 11) is 0. The number of amides is 1. The molecule has 1 aromatic rings. The molecule has 5 heteroatoms. The predicted octanol–water partition coefficient (Wildman–Crippen LogP) is 1.66. The second-order valence-electron chi connectivity index (χ2n) is 3.65. The van der Waals surface area contributed by atoms with Crippen LogP contribution in [-0.2, 0) is 11.3 Å². The second kappa shape index (κ2) is 6.30. The van der Waals surface area contributed by atoms with E-state index >= 15 is 0 Å². The Morgan fingerprint density at radius 2 is 1.94 bits per heavy atom. The predicted molar refractivity (Wildman–Crippen MR) is 61.1 cm³/mol. The van der Waals surface area contributed by atoms with Crippen molar-refractivity contribution in [2.45, 2.75) is 19.9 Å². The van der Waals surface area contributed by atoms with Gasteiger partial charge < -0.3 is 10.6 Å². The molecule has 0 bridgehead atoms. The number of nitrogens with zero attached hydrogens (tertiary/aromatic N) is 1. The lowest BCUT2D eigenvalue weighted by atomic mass is 10.1. The van der Waals surface area contributed by atoms with Crippen LogP contribution in [0.1, 0.15) is 18.9 Å². The molecule has 0 saturated carbocycles. The third kappa shape index (κ3) is 3.49.